The molecule has 110 valence electrons. The zero-order chi connectivity index (χ0) is 14.5. The Kier molecular flexibility index (Phi) is 5.43. The van der Waals surface area contributed by atoms with Crippen LogP contribution < -0.4 is 10.1 Å². The molecule has 20 heavy (non-hydrogen) atoms. The van der Waals surface area contributed by atoms with Crippen LogP contribution in [0, 0.1) is 11.8 Å². The Morgan fingerprint density at radius 1 is 1.40 bits per heavy atom. The smallest absolute Gasteiger partial charge is 0.227 e. The van der Waals surface area contributed by atoms with E-state index in [1.165, 1.54) is 0 Å². The van der Waals surface area contributed by atoms with Crippen molar-refractivity contribution >= 4 is 21.8 Å². The lowest BCUT2D eigenvalue weighted by atomic mass is 9.97. The highest BCUT2D eigenvalue weighted by molar-refractivity contribution is 9.10. The van der Waals surface area contributed by atoms with Crippen LogP contribution in [0.4, 0.5) is 0 Å². The molecule has 4 nitrogen and oxygen atoms in total. The van der Waals surface area contributed by atoms with E-state index in [1.807, 2.05) is 31.3 Å². The topological polar surface area (TPSA) is 41.6 Å². The molecule has 1 aromatic carbocycles. The zero-order valence-electron chi connectivity index (χ0n) is 11.9. The van der Waals surface area contributed by atoms with Crippen molar-refractivity contribution in [3.63, 3.8) is 0 Å². The predicted octanol–water partition coefficient (Wildman–Crippen LogP) is 2.14. The van der Waals surface area contributed by atoms with Crippen molar-refractivity contribution in [3.8, 4) is 5.75 Å². The summed E-state index contributed by atoms with van der Waals surface area (Å²) in [6.45, 7) is 4.96. The number of hydrogen-bond donors (Lipinski definition) is 1. The van der Waals surface area contributed by atoms with Crippen LogP contribution in [-0.4, -0.2) is 44.1 Å². The van der Waals surface area contributed by atoms with Gasteiger partial charge in [0.1, 0.15) is 12.4 Å². The number of halogens is 1. The Bertz CT molecular complexity index is 450. The molecule has 1 saturated heterocycles. The number of ether oxygens (including phenoxy) is 1. The summed E-state index contributed by atoms with van der Waals surface area (Å²) in [5.74, 6) is 1.55. The largest absolute Gasteiger partial charge is 0.492 e. The Morgan fingerprint density at radius 2 is 2.10 bits per heavy atom. The van der Waals surface area contributed by atoms with Gasteiger partial charge < -0.3 is 15.0 Å². The second-order valence-corrected chi connectivity index (χ2v) is 6.22. The van der Waals surface area contributed by atoms with Gasteiger partial charge in [0.2, 0.25) is 5.91 Å². The molecule has 5 heteroatoms. The summed E-state index contributed by atoms with van der Waals surface area (Å²) in [4.78, 5) is 14.0. The number of carbonyl (C=O) groups is 1. The summed E-state index contributed by atoms with van der Waals surface area (Å²) in [5, 5.41) is 3.26. The second kappa shape index (κ2) is 7.09. The fourth-order valence-electron chi connectivity index (χ4n) is 2.37. The summed E-state index contributed by atoms with van der Waals surface area (Å²) in [7, 11) is 1.85. The minimum absolute atomic E-state index is 0.104. The fourth-order valence-corrected chi connectivity index (χ4v) is 2.63. The Hall–Kier alpha value is -1.07. The van der Waals surface area contributed by atoms with Gasteiger partial charge >= 0.3 is 0 Å². The van der Waals surface area contributed by atoms with Gasteiger partial charge in [-0.1, -0.05) is 22.9 Å². The molecular formula is C15H21BrN2O2. The van der Waals surface area contributed by atoms with Crippen molar-refractivity contribution in [2.45, 2.75) is 6.92 Å². The van der Waals surface area contributed by atoms with Crippen molar-refractivity contribution in [3.05, 3.63) is 28.7 Å². The third kappa shape index (κ3) is 3.96. The molecule has 1 fully saturated rings. The summed E-state index contributed by atoms with van der Waals surface area (Å²) in [5.41, 5.74) is 0. The number of hydrogen-bond acceptors (Lipinski definition) is 3. The maximum Gasteiger partial charge on any atom is 0.227 e. The van der Waals surface area contributed by atoms with E-state index in [9.17, 15) is 4.79 Å². The standard InChI is InChI=1S/C15H21BrN2O2/c1-11-9-17-10-14(11)15(19)18(2)7-8-20-13-5-3-12(16)4-6-13/h3-6,11,14,17H,7-10H2,1-2H3/t11-,14-/m1/s1. The molecule has 0 radical (unpaired) electrons. The molecule has 0 bridgehead atoms. The van der Waals surface area contributed by atoms with E-state index in [4.69, 9.17) is 4.74 Å². The lowest BCUT2D eigenvalue weighted by Crippen LogP contribution is -2.38. The summed E-state index contributed by atoms with van der Waals surface area (Å²) >= 11 is 3.38. The molecule has 1 aliphatic rings. The number of carbonyl (C=O) groups excluding carboxylic acids is 1. The molecule has 0 aromatic heterocycles. The van der Waals surface area contributed by atoms with E-state index >= 15 is 0 Å². The Balaban J connectivity index is 1.75. The van der Waals surface area contributed by atoms with Crippen molar-refractivity contribution in [2.75, 3.05) is 33.3 Å². The molecule has 0 aliphatic carbocycles. The highest BCUT2D eigenvalue weighted by Crippen LogP contribution is 2.18. The van der Waals surface area contributed by atoms with Crippen LogP contribution >= 0.6 is 15.9 Å². The number of benzene rings is 1. The molecule has 0 spiro atoms. The van der Waals surface area contributed by atoms with Gasteiger partial charge in [0.05, 0.1) is 12.5 Å². The van der Waals surface area contributed by atoms with Crippen LogP contribution in [0.2, 0.25) is 0 Å². The molecular weight excluding hydrogens is 320 g/mol. The quantitative estimate of drug-likeness (QED) is 0.892. The normalized spacial score (nSPS) is 21.8. The first-order chi connectivity index (χ1) is 9.58. The Morgan fingerprint density at radius 3 is 2.70 bits per heavy atom. The molecule has 1 aromatic rings. The highest BCUT2D eigenvalue weighted by atomic mass is 79.9. The highest BCUT2D eigenvalue weighted by Gasteiger charge is 2.31. The number of amides is 1. The third-order valence-electron chi connectivity index (χ3n) is 3.72. The van der Waals surface area contributed by atoms with Gasteiger partial charge in [-0.05, 0) is 36.7 Å². The van der Waals surface area contributed by atoms with Gasteiger partial charge in [-0.3, -0.25) is 4.79 Å². The SMILES string of the molecule is C[C@@H]1CNC[C@H]1C(=O)N(C)CCOc1ccc(Br)cc1. The summed E-state index contributed by atoms with van der Waals surface area (Å²) < 4.78 is 6.67. The van der Waals surface area contributed by atoms with E-state index in [-0.39, 0.29) is 11.8 Å². The maximum absolute atomic E-state index is 12.3. The van der Waals surface area contributed by atoms with Gasteiger partial charge in [0, 0.05) is 18.1 Å². The first-order valence-electron chi connectivity index (χ1n) is 6.92. The number of nitrogens with one attached hydrogen (secondary N) is 1. The fraction of sp³-hybridized carbons (Fsp3) is 0.533. The zero-order valence-corrected chi connectivity index (χ0v) is 13.5. The van der Waals surface area contributed by atoms with Gasteiger partial charge in [-0.15, -0.1) is 0 Å². The van der Waals surface area contributed by atoms with Gasteiger partial charge in [0.15, 0.2) is 0 Å². The lowest BCUT2D eigenvalue weighted by molar-refractivity contribution is -0.134. The van der Waals surface area contributed by atoms with Crippen molar-refractivity contribution in [1.29, 1.82) is 0 Å². The molecule has 1 amide bonds. The average Bonchev–Trinajstić information content (AvgIpc) is 2.86. The van der Waals surface area contributed by atoms with Gasteiger partial charge in [-0.25, -0.2) is 0 Å². The van der Waals surface area contributed by atoms with E-state index in [2.05, 4.69) is 28.2 Å². The predicted molar refractivity (Wildman–Crippen MR) is 82.8 cm³/mol. The van der Waals surface area contributed by atoms with Crippen LogP contribution in [0.5, 0.6) is 5.75 Å². The van der Waals surface area contributed by atoms with Crippen molar-refractivity contribution in [2.24, 2.45) is 11.8 Å². The van der Waals surface area contributed by atoms with E-state index < -0.39 is 0 Å². The van der Waals surface area contributed by atoms with Gasteiger partial charge in [0.25, 0.3) is 0 Å². The van der Waals surface area contributed by atoms with Crippen molar-refractivity contribution in [1.82, 2.24) is 10.2 Å². The van der Waals surface area contributed by atoms with E-state index in [0.717, 1.165) is 23.3 Å². The Labute approximate surface area is 128 Å². The third-order valence-corrected chi connectivity index (χ3v) is 4.25. The number of rotatable bonds is 5. The summed E-state index contributed by atoms with van der Waals surface area (Å²) in [6.07, 6.45) is 0. The minimum Gasteiger partial charge on any atom is -0.492 e. The summed E-state index contributed by atoms with van der Waals surface area (Å²) in [6, 6.07) is 7.70. The van der Waals surface area contributed by atoms with E-state index in [0.29, 0.717) is 19.1 Å². The van der Waals surface area contributed by atoms with Crippen molar-refractivity contribution < 1.29 is 9.53 Å². The molecule has 0 saturated carbocycles. The minimum atomic E-state index is 0.104. The first-order valence-corrected chi connectivity index (χ1v) is 7.71. The second-order valence-electron chi connectivity index (χ2n) is 5.30. The monoisotopic (exact) mass is 340 g/mol. The number of likely N-dealkylation sites (N-methyl/N-ethyl adjacent to an activating group) is 1. The lowest BCUT2D eigenvalue weighted by Gasteiger charge is -2.23. The van der Waals surface area contributed by atoms with Crippen LogP contribution in [0.15, 0.2) is 28.7 Å². The van der Waals surface area contributed by atoms with Gasteiger partial charge in [-0.2, -0.15) is 0 Å². The van der Waals surface area contributed by atoms with Crippen LogP contribution in [0.3, 0.4) is 0 Å². The molecule has 1 aliphatic heterocycles. The molecule has 1 N–H and O–H groups in total. The van der Waals surface area contributed by atoms with Crippen LogP contribution in [0.25, 0.3) is 0 Å². The van der Waals surface area contributed by atoms with Crippen LogP contribution in [0.1, 0.15) is 6.92 Å². The molecule has 2 atom stereocenters. The maximum atomic E-state index is 12.3. The molecule has 2 rings (SSSR count). The molecule has 1 heterocycles. The first kappa shape index (κ1) is 15.3. The average molecular weight is 341 g/mol. The molecule has 0 unspecified atom stereocenters. The van der Waals surface area contributed by atoms with E-state index in [1.54, 1.807) is 4.90 Å². The number of nitrogens with zero attached hydrogens (tertiary/aromatic N) is 1. The van der Waals surface area contributed by atoms with Crippen LogP contribution in [-0.2, 0) is 4.79 Å².